The molecular formula is C17H21N5O4. The minimum atomic E-state index is -0.195. The second-order valence-corrected chi connectivity index (χ2v) is 6.13. The summed E-state index contributed by atoms with van der Waals surface area (Å²) in [5, 5.41) is 0. The first-order valence-corrected chi connectivity index (χ1v) is 8.31. The molecule has 0 radical (unpaired) electrons. The zero-order valence-corrected chi connectivity index (χ0v) is 15.0. The molecule has 0 aromatic carbocycles. The SMILES string of the molecule is COc1nccnc1OC1CCN(C(=O)Cn2cnc(C)c(C)c2=O)C1. The van der Waals surface area contributed by atoms with Crippen molar-refractivity contribution in [1.29, 1.82) is 0 Å². The Morgan fingerprint density at radius 1 is 1.23 bits per heavy atom. The predicted octanol–water partition coefficient (Wildman–Crippen LogP) is 0.339. The van der Waals surface area contributed by atoms with E-state index in [1.165, 1.54) is 30.4 Å². The molecule has 2 aromatic heterocycles. The van der Waals surface area contributed by atoms with Crippen molar-refractivity contribution in [1.82, 2.24) is 24.4 Å². The van der Waals surface area contributed by atoms with Crippen molar-refractivity contribution in [2.45, 2.75) is 32.9 Å². The Labute approximate surface area is 150 Å². The number of hydrogen-bond acceptors (Lipinski definition) is 7. The average molecular weight is 359 g/mol. The maximum atomic E-state index is 12.5. The summed E-state index contributed by atoms with van der Waals surface area (Å²) in [5.41, 5.74) is 1.03. The fraction of sp³-hybridized carbons (Fsp3) is 0.471. The average Bonchev–Trinajstić information content (AvgIpc) is 3.11. The number of methoxy groups -OCH3 is 1. The molecular weight excluding hydrogens is 338 g/mol. The smallest absolute Gasteiger partial charge is 0.278 e. The second-order valence-electron chi connectivity index (χ2n) is 6.13. The van der Waals surface area contributed by atoms with E-state index in [1.54, 1.807) is 18.7 Å². The molecule has 9 heteroatoms. The molecule has 1 unspecified atom stereocenters. The topological polar surface area (TPSA) is 99.4 Å². The Balaban J connectivity index is 1.63. The maximum absolute atomic E-state index is 12.5. The summed E-state index contributed by atoms with van der Waals surface area (Å²) in [6, 6.07) is 0. The molecule has 0 bridgehead atoms. The van der Waals surface area contributed by atoms with Crippen LogP contribution in [0.1, 0.15) is 17.7 Å². The molecule has 0 N–H and O–H groups in total. The lowest BCUT2D eigenvalue weighted by atomic mass is 10.3. The third-order valence-electron chi connectivity index (χ3n) is 4.42. The minimum Gasteiger partial charge on any atom is -0.477 e. The van der Waals surface area contributed by atoms with Gasteiger partial charge in [0.1, 0.15) is 12.6 Å². The molecule has 1 amide bonds. The first kappa shape index (κ1) is 17.8. The summed E-state index contributed by atoms with van der Waals surface area (Å²) < 4.78 is 12.3. The Bertz CT molecular complexity index is 866. The molecule has 1 fully saturated rings. The summed E-state index contributed by atoms with van der Waals surface area (Å²) in [7, 11) is 1.50. The lowest BCUT2D eigenvalue weighted by Gasteiger charge is -2.18. The highest BCUT2D eigenvalue weighted by molar-refractivity contribution is 5.76. The van der Waals surface area contributed by atoms with Crippen LogP contribution in [0, 0.1) is 13.8 Å². The van der Waals surface area contributed by atoms with E-state index >= 15 is 0 Å². The lowest BCUT2D eigenvalue weighted by Crippen LogP contribution is -2.37. The van der Waals surface area contributed by atoms with Gasteiger partial charge in [-0.1, -0.05) is 0 Å². The zero-order chi connectivity index (χ0) is 18.7. The van der Waals surface area contributed by atoms with Crippen molar-refractivity contribution in [2.24, 2.45) is 0 Å². The lowest BCUT2D eigenvalue weighted by molar-refractivity contribution is -0.131. The van der Waals surface area contributed by atoms with Crippen LogP contribution in [0.4, 0.5) is 0 Å². The highest BCUT2D eigenvalue weighted by Crippen LogP contribution is 2.23. The van der Waals surface area contributed by atoms with Crippen LogP contribution >= 0.6 is 0 Å². The standard InChI is InChI=1S/C17H21N5O4/c1-11-12(2)20-10-22(17(11)24)9-14(23)21-7-4-13(8-21)26-16-15(25-3)18-5-6-19-16/h5-6,10,13H,4,7-9H2,1-3H3. The van der Waals surface area contributed by atoms with E-state index in [1.807, 2.05) is 0 Å². The summed E-state index contributed by atoms with van der Waals surface area (Å²) in [5.74, 6) is 0.475. The molecule has 9 nitrogen and oxygen atoms in total. The number of likely N-dealkylation sites (tertiary alicyclic amines) is 1. The van der Waals surface area contributed by atoms with Crippen LogP contribution in [0.25, 0.3) is 0 Å². The molecule has 1 aliphatic rings. The van der Waals surface area contributed by atoms with Gasteiger partial charge in [-0.05, 0) is 13.8 Å². The molecule has 3 heterocycles. The number of amides is 1. The summed E-state index contributed by atoms with van der Waals surface area (Å²) >= 11 is 0. The van der Waals surface area contributed by atoms with E-state index in [-0.39, 0.29) is 24.1 Å². The number of ether oxygens (including phenoxy) is 2. The van der Waals surface area contributed by atoms with Crippen molar-refractivity contribution >= 4 is 5.91 Å². The van der Waals surface area contributed by atoms with Gasteiger partial charge in [-0.25, -0.2) is 15.0 Å². The van der Waals surface area contributed by atoms with Gasteiger partial charge >= 0.3 is 0 Å². The van der Waals surface area contributed by atoms with Crippen molar-refractivity contribution in [3.8, 4) is 11.8 Å². The summed E-state index contributed by atoms with van der Waals surface area (Å²) in [4.78, 5) is 38.7. The van der Waals surface area contributed by atoms with Crippen molar-refractivity contribution < 1.29 is 14.3 Å². The zero-order valence-electron chi connectivity index (χ0n) is 15.0. The highest BCUT2D eigenvalue weighted by Gasteiger charge is 2.29. The van der Waals surface area contributed by atoms with E-state index in [0.717, 1.165) is 0 Å². The second kappa shape index (κ2) is 7.51. The Morgan fingerprint density at radius 3 is 2.69 bits per heavy atom. The molecule has 0 spiro atoms. The van der Waals surface area contributed by atoms with Gasteiger partial charge < -0.3 is 14.4 Å². The molecule has 1 aliphatic heterocycles. The molecule has 2 aromatic rings. The Hall–Kier alpha value is -2.97. The van der Waals surface area contributed by atoms with Gasteiger partial charge in [-0.2, -0.15) is 0 Å². The van der Waals surface area contributed by atoms with Crippen LogP contribution in [0.3, 0.4) is 0 Å². The van der Waals surface area contributed by atoms with Gasteiger partial charge in [-0.3, -0.25) is 14.2 Å². The third-order valence-corrected chi connectivity index (χ3v) is 4.42. The Morgan fingerprint density at radius 2 is 1.96 bits per heavy atom. The fourth-order valence-corrected chi connectivity index (χ4v) is 2.78. The highest BCUT2D eigenvalue weighted by atomic mass is 16.5. The number of hydrogen-bond donors (Lipinski definition) is 0. The largest absolute Gasteiger partial charge is 0.477 e. The van der Waals surface area contributed by atoms with E-state index in [0.29, 0.717) is 42.5 Å². The van der Waals surface area contributed by atoms with Crippen molar-refractivity contribution in [2.75, 3.05) is 20.2 Å². The molecule has 1 saturated heterocycles. The first-order chi connectivity index (χ1) is 12.5. The molecule has 3 rings (SSSR count). The quantitative estimate of drug-likeness (QED) is 0.759. The summed E-state index contributed by atoms with van der Waals surface area (Å²) in [6.45, 7) is 4.42. The van der Waals surface area contributed by atoms with Crippen molar-refractivity contribution in [3.63, 3.8) is 0 Å². The van der Waals surface area contributed by atoms with E-state index in [2.05, 4.69) is 15.0 Å². The normalized spacial score (nSPS) is 16.6. The minimum absolute atomic E-state index is 0.0336. The van der Waals surface area contributed by atoms with Crippen LogP contribution in [0.5, 0.6) is 11.8 Å². The predicted molar refractivity (Wildman–Crippen MR) is 92.2 cm³/mol. The van der Waals surface area contributed by atoms with Gasteiger partial charge in [0.2, 0.25) is 5.91 Å². The number of carbonyl (C=O) groups excluding carboxylic acids is 1. The van der Waals surface area contributed by atoms with Crippen LogP contribution in [0.15, 0.2) is 23.5 Å². The van der Waals surface area contributed by atoms with Crippen LogP contribution in [-0.2, 0) is 11.3 Å². The number of aromatic nitrogens is 4. The molecule has 26 heavy (non-hydrogen) atoms. The van der Waals surface area contributed by atoms with E-state index < -0.39 is 0 Å². The van der Waals surface area contributed by atoms with Gasteiger partial charge in [0.15, 0.2) is 0 Å². The number of aryl methyl sites for hydroxylation is 1. The van der Waals surface area contributed by atoms with Crippen LogP contribution in [-0.4, -0.2) is 56.6 Å². The molecule has 138 valence electrons. The van der Waals surface area contributed by atoms with Gasteiger partial charge in [0.05, 0.1) is 20.0 Å². The van der Waals surface area contributed by atoms with Gasteiger partial charge in [0.25, 0.3) is 17.3 Å². The Kier molecular flexibility index (Phi) is 5.15. The number of nitrogens with zero attached hydrogens (tertiary/aromatic N) is 5. The fourth-order valence-electron chi connectivity index (χ4n) is 2.78. The number of rotatable bonds is 5. The summed E-state index contributed by atoms with van der Waals surface area (Å²) in [6.07, 6.45) is 4.93. The van der Waals surface area contributed by atoms with Gasteiger partial charge in [0, 0.05) is 36.6 Å². The molecule has 0 saturated carbocycles. The number of carbonyl (C=O) groups is 1. The monoisotopic (exact) mass is 359 g/mol. The van der Waals surface area contributed by atoms with E-state index in [9.17, 15) is 9.59 Å². The van der Waals surface area contributed by atoms with Gasteiger partial charge in [-0.15, -0.1) is 0 Å². The molecule has 0 aliphatic carbocycles. The van der Waals surface area contributed by atoms with E-state index in [4.69, 9.17) is 9.47 Å². The van der Waals surface area contributed by atoms with Crippen LogP contribution < -0.4 is 15.0 Å². The van der Waals surface area contributed by atoms with Crippen molar-refractivity contribution in [3.05, 3.63) is 40.3 Å². The third kappa shape index (κ3) is 3.66. The molecule has 1 atom stereocenters. The van der Waals surface area contributed by atoms with Crippen LogP contribution in [0.2, 0.25) is 0 Å². The maximum Gasteiger partial charge on any atom is 0.278 e. The first-order valence-electron chi connectivity index (χ1n) is 8.31.